The van der Waals surface area contributed by atoms with Crippen molar-refractivity contribution >= 4 is 29.9 Å². The Labute approximate surface area is 143 Å². The average Bonchev–Trinajstić information content (AvgIpc) is 2.46. The van der Waals surface area contributed by atoms with Gasteiger partial charge in [0, 0.05) is 31.1 Å². The van der Waals surface area contributed by atoms with Crippen molar-refractivity contribution in [2.75, 3.05) is 19.6 Å². The van der Waals surface area contributed by atoms with Gasteiger partial charge in [-0.3, -0.25) is 4.79 Å². The summed E-state index contributed by atoms with van der Waals surface area (Å²) in [7, 11) is 0. The molecule has 0 bridgehead atoms. The molecule has 2 fully saturated rings. The highest BCUT2D eigenvalue weighted by Crippen LogP contribution is 2.32. The minimum Gasteiger partial charge on any atom is -0.333 e. The van der Waals surface area contributed by atoms with Crippen molar-refractivity contribution in [1.29, 1.82) is 0 Å². The second-order valence-corrected chi connectivity index (χ2v) is 6.57. The van der Waals surface area contributed by atoms with Crippen LogP contribution in [-0.4, -0.2) is 30.4 Å². The number of carbonyl (C=O) groups is 1. The topological polar surface area (TPSA) is 32.3 Å². The Kier molecular flexibility index (Phi) is 6.54. The molecule has 0 spiro atoms. The first-order valence-corrected chi connectivity index (χ1v) is 8.38. The van der Waals surface area contributed by atoms with Crippen LogP contribution in [0.25, 0.3) is 0 Å². The van der Waals surface area contributed by atoms with E-state index in [-0.39, 0.29) is 24.4 Å². The Hall–Kier alpha value is -0.770. The Morgan fingerprint density at radius 2 is 2.09 bits per heavy atom. The Bertz CT molecular complexity index is 505. The van der Waals surface area contributed by atoms with Crippen LogP contribution in [0.1, 0.15) is 43.7 Å². The van der Waals surface area contributed by atoms with Gasteiger partial charge in [-0.2, -0.15) is 0 Å². The van der Waals surface area contributed by atoms with Crippen LogP contribution in [0, 0.1) is 5.92 Å². The molecule has 1 heterocycles. The minimum atomic E-state index is 0. The van der Waals surface area contributed by atoms with Gasteiger partial charge in [0.2, 0.25) is 5.91 Å². The average molecular weight is 343 g/mol. The van der Waals surface area contributed by atoms with E-state index in [0.717, 1.165) is 42.6 Å². The maximum absolute atomic E-state index is 12.6. The minimum absolute atomic E-state index is 0. The molecule has 22 heavy (non-hydrogen) atoms. The molecule has 1 amide bonds. The van der Waals surface area contributed by atoms with Gasteiger partial charge in [-0.25, -0.2) is 0 Å². The highest BCUT2D eigenvalue weighted by Gasteiger charge is 2.29. The largest absolute Gasteiger partial charge is 0.333 e. The van der Waals surface area contributed by atoms with Crippen molar-refractivity contribution in [3.63, 3.8) is 0 Å². The lowest BCUT2D eigenvalue weighted by molar-refractivity contribution is -0.135. The van der Waals surface area contributed by atoms with E-state index in [1.807, 2.05) is 29.2 Å². The molecule has 1 aromatic rings. The standard InChI is InChI=1S/C17H23ClN2O.ClH/c18-15-7-2-1-6-14(15)16-12-19-10-11-20(16)17(21)9-8-13-4-3-5-13;/h1-2,6-7,13,16,19H,3-5,8-12H2;1H. The SMILES string of the molecule is Cl.O=C(CCC1CCC1)N1CCNCC1c1ccccc1Cl. The lowest BCUT2D eigenvalue weighted by atomic mass is 9.82. The van der Waals surface area contributed by atoms with E-state index in [2.05, 4.69) is 5.32 Å². The number of amides is 1. The van der Waals surface area contributed by atoms with Gasteiger partial charge in [0.25, 0.3) is 0 Å². The summed E-state index contributed by atoms with van der Waals surface area (Å²) in [5.41, 5.74) is 1.06. The fraction of sp³-hybridized carbons (Fsp3) is 0.588. The van der Waals surface area contributed by atoms with E-state index in [9.17, 15) is 4.79 Å². The van der Waals surface area contributed by atoms with Crippen molar-refractivity contribution in [2.24, 2.45) is 5.92 Å². The summed E-state index contributed by atoms with van der Waals surface area (Å²) >= 11 is 6.32. The molecule has 0 radical (unpaired) electrons. The number of hydrogen-bond donors (Lipinski definition) is 1. The lowest BCUT2D eigenvalue weighted by Crippen LogP contribution is -2.48. The zero-order valence-corrected chi connectivity index (χ0v) is 14.3. The maximum atomic E-state index is 12.6. The molecular formula is C17H24Cl2N2O. The molecule has 1 aromatic carbocycles. The van der Waals surface area contributed by atoms with E-state index in [4.69, 9.17) is 11.6 Å². The molecule has 1 N–H and O–H groups in total. The van der Waals surface area contributed by atoms with Crippen LogP contribution in [0.3, 0.4) is 0 Å². The zero-order chi connectivity index (χ0) is 14.7. The van der Waals surface area contributed by atoms with Crippen molar-refractivity contribution in [3.8, 4) is 0 Å². The molecule has 122 valence electrons. The van der Waals surface area contributed by atoms with Crippen LogP contribution < -0.4 is 5.32 Å². The number of nitrogens with zero attached hydrogens (tertiary/aromatic N) is 1. The Morgan fingerprint density at radius 3 is 2.77 bits per heavy atom. The second-order valence-electron chi connectivity index (χ2n) is 6.16. The number of rotatable bonds is 4. The third kappa shape index (κ3) is 3.95. The van der Waals surface area contributed by atoms with Gasteiger partial charge in [-0.15, -0.1) is 12.4 Å². The summed E-state index contributed by atoms with van der Waals surface area (Å²) in [6.45, 7) is 2.44. The van der Waals surface area contributed by atoms with Crippen LogP contribution in [0.15, 0.2) is 24.3 Å². The first-order valence-electron chi connectivity index (χ1n) is 8.00. The number of hydrogen-bond acceptors (Lipinski definition) is 2. The van der Waals surface area contributed by atoms with Gasteiger partial charge >= 0.3 is 0 Å². The number of halogens is 2. The van der Waals surface area contributed by atoms with Gasteiger partial charge in [0.1, 0.15) is 0 Å². The Balaban J connectivity index is 0.00000176. The molecule has 3 rings (SSSR count). The number of nitrogens with one attached hydrogen (secondary N) is 1. The van der Waals surface area contributed by atoms with Crippen LogP contribution in [-0.2, 0) is 4.79 Å². The molecule has 3 nitrogen and oxygen atoms in total. The van der Waals surface area contributed by atoms with Crippen LogP contribution in [0.4, 0.5) is 0 Å². The van der Waals surface area contributed by atoms with Gasteiger partial charge in [0.05, 0.1) is 6.04 Å². The fourth-order valence-corrected chi connectivity index (χ4v) is 3.54. The van der Waals surface area contributed by atoms with E-state index < -0.39 is 0 Å². The third-order valence-electron chi connectivity index (χ3n) is 4.82. The van der Waals surface area contributed by atoms with Crippen LogP contribution in [0.2, 0.25) is 5.02 Å². The van der Waals surface area contributed by atoms with Crippen molar-refractivity contribution in [3.05, 3.63) is 34.9 Å². The first-order chi connectivity index (χ1) is 10.3. The molecule has 1 saturated carbocycles. The predicted octanol–water partition coefficient (Wildman–Crippen LogP) is 3.82. The molecule has 5 heteroatoms. The summed E-state index contributed by atoms with van der Waals surface area (Å²) in [5, 5.41) is 4.13. The molecule has 2 aliphatic rings. The number of carbonyl (C=O) groups excluding carboxylic acids is 1. The van der Waals surface area contributed by atoms with Crippen molar-refractivity contribution < 1.29 is 4.79 Å². The van der Waals surface area contributed by atoms with Crippen molar-refractivity contribution in [2.45, 2.75) is 38.1 Å². The monoisotopic (exact) mass is 342 g/mol. The molecule has 1 aliphatic heterocycles. The quantitative estimate of drug-likeness (QED) is 0.902. The summed E-state index contributed by atoms with van der Waals surface area (Å²) in [5.74, 6) is 1.07. The summed E-state index contributed by atoms with van der Waals surface area (Å²) < 4.78 is 0. The predicted molar refractivity (Wildman–Crippen MR) is 92.6 cm³/mol. The Morgan fingerprint density at radius 1 is 1.32 bits per heavy atom. The van der Waals surface area contributed by atoms with Gasteiger partial charge in [-0.05, 0) is 24.0 Å². The highest BCUT2D eigenvalue weighted by atomic mass is 35.5. The van der Waals surface area contributed by atoms with Gasteiger partial charge < -0.3 is 10.2 Å². The smallest absolute Gasteiger partial charge is 0.223 e. The zero-order valence-electron chi connectivity index (χ0n) is 12.8. The molecule has 1 atom stereocenters. The van der Waals surface area contributed by atoms with Gasteiger partial charge in [0.15, 0.2) is 0 Å². The summed E-state index contributed by atoms with van der Waals surface area (Å²) in [6.07, 6.45) is 5.70. The highest BCUT2D eigenvalue weighted by molar-refractivity contribution is 6.31. The van der Waals surface area contributed by atoms with E-state index in [1.165, 1.54) is 19.3 Å². The van der Waals surface area contributed by atoms with Crippen LogP contribution >= 0.6 is 24.0 Å². The summed E-state index contributed by atoms with van der Waals surface area (Å²) in [4.78, 5) is 14.6. The van der Waals surface area contributed by atoms with E-state index in [0.29, 0.717) is 6.42 Å². The maximum Gasteiger partial charge on any atom is 0.223 e. The summed E-state index contributed by atoms with van der Waals surface area (Å²) in [6, 6.07) is 7.94. The first kappa shape index (κ1) is 17.6. The number of piperazine rings is 1. The van der Waals surface area contributed by atoms with Crippen LogP contribution in [0.5, 0.6) is 0 Å². The van der Waals surface area contributed by atoms with E-state index >= 15 is 0 Å². The molecule has 1 aliphatic carbocycles. The molecule has 0 aromatic heterocycles. The molecular weight excluding hydrogens is 319 g/mol. The van der Waals surface area contributed by atoms with Gasteiger partial charge in [-0.1, -0.05) is 49.1 Å². The fourth-order valence-electron chi connectivity index (χ4n) is 3.28. The van der Waals surface area contributed by atoms with E-state index in [1.54, 1.807) is 0 Å². The third-order valence-corrected chi connectivity index (χ3v) is 5.16. The molecule has 1 unspecified atom stereocenters. The second kappa shape index (κ2) is 8.19. The lowest BCUT2D eigenvalue weighted by Gasteiger charge is -2.37. The molecule has 1 saturated heterocycles. The normalized spacial score (nSPS) is 21.9. The van der Waals surface area contributed by atoms with Crippen molar-refractivity contribution in [1.82, 2.24) is 10.2 Å². The number of benzene rings is 1.